The van der Waals surface area contributed by atoms with E-state index >= 15 is 0 Å². The molecule has 1 atom stereocenters. The van der Waals surface area contributed by atoms with Crippen LogP contribution in [0.5, 0.6) is 5.75 Å². The van der Waals surface area contributed by atoms with Crippen LogP contribution in [0.2, 0.25) is 0 Å². The van der Waals surface area contributed by atoms with E-state index in [1.54, 1.807) is 37.4 Å². The molecule has 198 valence electrons. The van der Waals surface area contributed by atoms with Gasteiger partial charge in [-0.3, -0.25) is 19.9 Å². The Morgan fingerprint density at radius 2 is 1.38 bits per heavy atom. The number of benzene rings is 4. The van der Waals surface area contributed by atoms with Crippen molar-refractivity contribution in [3.05, 3.63) is 137 Å². The Hall–Kier alpha value is -4.75. The van der Waals surface area contributed by atoms with Gasteiger partial charge in [0.2, 0.25) is 11.8 Å². The summed E-state index contributed by atoms with van der Waals surface area (Å²) in [6.07, 6.45) is 0.188. The number of hydrogen-bond acceptors (Lipinski definition) is 5. The molecule has 0 aliphatic rings. The Morgan fingerprint density at radius 1 is 0.795 bits per heavy atom. The second kappa shape index (κ2) is 12.7. The van der Waals surface area contributed by atoms with Gasteiger partial charge >= 0.3 is 0 Å². The molecule has 1 unspecified atom stereocenters. The topological polar surface area (TPSA) is 122 Å². The lowest BCUT2D eigenvalue weighted by Gasteiger charge is -2.29. The van der Waals surface area contributed by atoms with Crippen LogP contribution < -0.4 is 16.2 Å². The molecule has 0 saturated carbocycles. The molecule has 7 nitrogen and oxygen atoms in total. The van der Waals surface area contributed by atoms with Crippen molar-refractivity contribution in [2.75, 3.05) is 7.11 Å². The largest absolute Gasteiger partial charge is 0.497 e. The molecule has 0 fully saturated rings. The van der Waals surface area contributed by atoms with Gasteiger partial charge in [-0.15, -0.1) is 0 Å². The number of methoxy groups -OCH3 is 1. The van der Waals surface area contributed by atoms with Gasteiger partial charge in [0, 0.05) is 5.56 Å². The van der Waals surface area contributed by atoms with E-state index in [-0.39, 0.29) is 24.7 Å². The molecule has 2 amide bonds. The SMILES string of the molecule is COc1ccc(CN(C(=O)C(N)Cc2cccc(C(=N)N)c2)C(=O)C(c2ccccc2)c2ccccc2)cc1. The van der Waals surface area contributed by atoms with Crippen LogP contribution in [0, 0.1) is 5.41 Å². The summed E-state index contributed by atoms with van der Waals surface area (Å²) < 4.78 is 5.26. The number of hydrogen-bond donors (Lipinski definition) is 3. The molecule has 0 heterocycles. The minimum Gasteiger partial charge on any atom is -0.497 e. The fourth-order valence-corrected chi connectivity index (χ4v) is 4.51. The standard InChI is InChI=1S/C32H32N4O3/c1-39-27-17-15-22(16-18-27)21-36(31(37)28(33)20-23-9-8-14-26(19-23)30(34)35)32(38)29(24-10-4-2-5-11-24)25-12-6-3-7-13-25/h2-19,28-29H,20-21,33H2,1H3,(H3,34,35). The highest BCUT2D eigenvalue weighted by Gasteiger charge is 2.33. The molecule has 0 aromatic heterocycles. The molecule has 0 aliphatic heterocycles. The van der Waals surface area contributed by atoms with Crippen LogP contribution in [0.4, 0.5) is 0 Å². The lowest BCUT2D eigenvalue weighted by atomic mass is 9.89. The first-order chi connectivity index (χ1) is 18.9. The van der Waals surface area contributed by atoms with E-state index in [0.29, 0.717) is 11.3 Å². The van der Waals surface area contributed by atoms with Gasteiger partial charge in [-0.05, 0) is 46.9 Å². The Bertz CT molecular complexity index is 1380. The highest BCUT2D eigenvalue weighted by Crippen LogP contribution is 2.28. The number of amidine groups is 1. The van der Waals surface area contributed by atoms with E-state index in [0.717, 1.165) is 22.3 Å². The predicted octanol–water partition coefficient (Wildman–Crippen LogP) is 4.24. The third-order valence-electron chi connectivity index (χ3n) is 6.56. The summed E-state index contributed by atoms with van der Waals surface area (Å²) in [5.74, 6) is -0.928. The Morgan fingerprint density at radius 3 is 1.92 bits per heavy atom. The zero-order chi connectivity index (χ0) is 27.8. The van der Waals surface area contributed by atoms with Gasteiger partial charge in [0.05, 0.1) is 25.6 Å². The maximum atomic E-state index is 14.3. The number of nitrogen functional groups attached to an aromatic ring is 1. The molecule has 0 saturated heterocycles. The molecular weight excluding hydrogens is 488 g/mol. The van der Waals surface area contributed by atoms with Gasteiger partial charge in [-0.1, -0.05) is 91.0 Å². The predicted molar refractivity (Wildman–Crippen MR) is 152 cm³/mol. The molecule has 0 spiro atoms. The maximum absolute atomic E-state index is 14.3. The van der Waals surface area contributed by atoms with Crippen molar-refractivity contribution in [2.45, 2.75) is 24.9 Å². The molecule has 7 heteroatoms. The molecular formula is C32H32N4O3. The zero-order valence-corrected chi connectivity index (χ0v) is 21.8. The summed E-state index contributed by atoms with van der Waals surface area (Å²) in [6.45, 7) is 0.0546. The molecule has 4 rings (SSSR count). The van der Waals surface area contributed by atoms with Crippen molar-refractivity contribution in [1.82, 2.24) is 4.90 Å². The van der Waals surface area contributed by atoms with E-state index in [1.165, 1.54) is 4.90 Å². The first-order valence-corrected chi connectivity index (χ1v) is 12.6. The van der Waals surface area contributed by atoms with Crippen LogP contribution in [0.1, 0.15) is 33.7 Å². The Labute approximate surface area is 228 Å². The molecule has 39 heavy (non-hydrogen) atoms. The molecule has 0 radical (unpaired) electrons. The fourth-order valence-electron chi connectivity index (χ4n) is 4.51. The number of carbonyl (C=O) groups excluding carboxylic acids is 2. The summed E-state index contributed by atoms with van der Waals surface area (Å²) in [5, 5.41) is 7.71. The number of rotatable bonds is 10. The third-order valence-corrected chi connectivity index (χ3v) is 6.56. The van der Waals surface area contributed by atoms with Crippen molar-refractivity contribution >= 4 is 17.6 Å². The molecule has 0 bridgehead atoms. The van der Waals surface area contributed by atoms with Crippen LogP contribution in [0.15, 0.2) is 109 Å². The first-order valence-electron chi connectivity index (χ1n) is 12.6. The lowest BCUT2D eigenvalue weighted by Crippen LogP contribution is -2.49. The van der Waals surface area contributed by atoms with Gasteiger partial charge in [-0.25, -0.2) is 0 Å². The van der Waals surface area contributed by atoms with Crippen molar-refractivity contribution in [3.8, 4) is 5.75 Å². The van der Waals surface area contributed by atoms with E-state index in [9.17, 15) is 9.59 Å². The van der Waals surface area contributed by atoms with E-state index in [4.69, 9.17) is 21.6 Å². The summed E-state index contributed by atoms with van der Waals surface area (Å²) in [4.78, 5) is 29.4. The van der Waals surface area contributed by atoms with E-state index < -0.39 is 17.9 Å². The Kier molecular flexibility index (Phi) is 8.86. The minimum atomic E-state index is -0.985. The number of nitrogens with two attached hydrogens (primary N) is 2. The summed E-state index contributed by atoms with van der Waals surface area (Å²) in [6, 6.07) is 32.2. The average Bonchev–Trinajstić information content (AvgIpc) is 2.97. The number of amides is 2. The average molecular weight is 521 g/mol. The van der Waals surface area contributed by atoms with Crippen LogP contribution in [-0.4, -0.2) is 35.7 Å². The Balaban J connectivity index is 1.70. The van der Waals surface area contributed by atoms with Gasteiger partial charge in [0.15, 0.2) is 0 Å². The second-order valence-corrected chi connectivity index (χ2v) is 9.29. The van der Waals surface area contributed by atoms with Gasteiger partial charge in [0.1, 0.15) is 11.6 Å². The van der Waals surface area contributed by atoms with Gasteiger partial charge in [0.25, 0.3) is 0 Å². The van der Waals surface area contributed by atoms with E-state index in [1.807, 2.05) is 78.9 Å². The highest BCUT2D eigenvalue weighted by molar-refractivity contribution is 6.02. The van der Waals surface area contributed by atoms with Crippen molar-refractivity contribution in [2.24, 2.45) is 11.5 Å². The van der Waals surface area contributed by atoms with Crippen LogP contribution in [-0.2, 0) is 22.6 Å². The van der Waals surface area contributed by atoms with Crippen LogP contribution in [0.25, 0.3) is 0 Å². The summed E-state index contributed by atoms with van der Waals surface area (Å²) in [7, 11) is 1.58. The number of imide groups is 1. The zero-order valence-electron chi connectivity index (χ0n) is 21.8. The molecule has 5 N–H and O–H groups in total. The number of carbonyl (C=O) groups is 2. The molecule has 4 aromatic rings. The van der Waals surface area contributed by atoms with Gasteiger partial charge in [-0.2, -0.15) is 0 Å². The smallest absolute Gasteiger partial charge is 0.246 e. The number of ether oxygens (including phenoxy) is 1. The van der Waals surface area contributed by atoms with E-state index in [2.05, 4.69) is 0 Å². The molecule has 4 aromatic carbocycles. The second-order valence-electron chi connectivity index (χ2n) is 9.29. The maximum Gasteiger partial charge on any atom is 0.246 e. The summed E-state index contributed by atoms with van der Waals surface area (Å²) in [5.41, 5.74) is 15.7. The lowest BCUT2D eigenvalue weighted by molar-refractivity contribution is -0.146. The van der Waals surface area contributed by atoms with Crippen LogP contribution >= 0.6 is 0 Å². The quantitative estimate of drug-likeness (QED) is 0.213. The summed E-state index contributed by atoms with van der Waals surface area (Å²) >= 11 is 0. The number of nitrogens with one attached hydrogen (secondary N) is 1. The number of nitrogens with zero attached hydrogens (tertiary/aromatic N) is 1. The van der Waals surface area contributed by atoms with Crippen molar-refractivity contribution in [3.63, 3.8) is 0 Å². The fraction of sp³-hybridized carbons (Fsp3) is 0.156. The van der Waals surface area contributed by atoms with Crippen molar-refractivity contribution in [1.29, 1.82) is 5.41 Å². The van der Waals surface area contributed by atoms with Crippen molar-refractivity contribution < 1.29 is 14.3 Å². The normalized spacial score (nSPS) is 11.6. The first kappa shape index (κ1) is 27.3. The highest BCUT2D eigenvalue weighted by atomic mass is 16.5. The molecule has 0 aliphatic carbocycles. The monoisotopic (exact) mass is 520 g/mol. The van der Waals surface area contributed by atoms with Gasteiger partial charge < -0.3 is 16.2 Å². The minimum absolute atomic E-state index is 0.0546. The third kappa shape index (κ3) is 6.77. The van der Waals surface area contributed by atoms with Crippen LogP contribution in [0.3, 0.4) is 0 Å².